The molecule has 0 N–H and O–H groups in total. The molecule has 2 rings (SSSR count). The molecule has 0 saturated carbocycles. The van der Waals surface area contributed by atoms with Gasteiger partial charge in [0.15, 0.2) is 20.6 Å². The van der Waals surface area contributed by atoms with Gasteiger partial charge >= 0.3 is 0 Å². The van der Waals surface area contributed by atoms with Gasteiger partial charge < -0.3 is 0 Å². The lowest BCUT2D eigenvalue weighted by atomic mass is 10.1. The fraction of sp³-hybridized carbons (Fsp3) is 0.111. The van der Waals surface area contributed by atoms with Crippen molar-refractivity contribution in [1.29, 1.82) is 0 Å². The van der Waals surface area contributed by atoms with Crippen LogP contribution in [0, 0.1) is 18.6 Å². The monoisotopic (exact) mass is 290 g/mol. The summed E-state index contributed by atoms with van der Waals surface area (Å²) in [6, 6.07) is 3.02. The van der Waals surface area contributed by atoms with Gasteiger partial charge in [-0.2, -0.15) is 0 Å². The molecule has 1 heterocycles. The van der Waals surface area contributed by atoms with Crippen molar-refractivity contribution in [3.05, 3.63) is 33.2 Å². The zero-order valence-corrected chi connectivity index (χ0v) is 9.99. The smallest absolute Gasteiger partial charge is 0.183 e. The first-order valence-corrected chi connectivity index (χ1v) is 5.64. The zero-order valence-electron chi connectivity index (χ0n) is 7.59. The van der Waals surface area contributed by atoms with Crippen LogP contribution in [0.2, 0.25) is 0 Å². The van der Waals surface area contributed by atoms with Gasteiger partial charge in [-0.25, -0.2) is 8.78 Å². The number of aryl methyl sites for hydroxylation is 1. The average molecular weight is 291 g/mol. The Kier molecular flexibility index (Phi) is 2.79. The molecule has 0 fully saturated rings. The summed E-state index contributed by atoms with van der Waals surface area (Å²) in [5, 5.41) is 7.77. The van der Waals surface area contributed by atoms with Crippen molar-refractivity contribution in [3.63, 3.8) is 0 Å². The summed E-state index contributed by atoms with van der Waals surface area (Å²) >= 11 is 4.27. The van der Waals surface area contributed by atoms with Crippen molar-refractivity contribution in [3.8, 4) is 10.6 Å². The van der Waals surface area contributed by atoms with Crippen LogP contribution in [0.4, 0.5) is 8.78 Å². The van der Waals surface area contributed by atoms with E-state index in [9.17, 15) is 8.78 Å². The molecule has 0 bridgehead atoms. The van der Waals surface area contributed by atoms with E-state index in [4.69, 9.17) is 0 Å². The Bertz CT molecular complexity index is 513. The lowest BCUT2D eigenvalue weighted by Gasteiger charge is -2.01. The summed E-state index contributed by atoms with van der Waals surface area (Å²) in [4.78, 5) is 0. The number of aromatic nitrogens is 2. The van der Waals surface area contributed by atoms with Gasteiger partial charge in [0.25, 0.3) is 0 Å². The molecule has 2 nitrogen and oxygen atoms in total. The van der Waals surface area contributed by atoms with E-state index >= 15 is 0 Å². The Hall–Kier alpha value is -0.880. The first-order chi connectivity index (χ1) is 7.09. The van der Waals surface area contributed by atoms with E-state index in [0.717, 1.165) is 11.3 Å². The van der Waals surface area contributed by atoms with Crippen LogP contribution in [0.5, 0.6) is 0 Å². The molecule has 0 unspecified atom stereocenters. The fourth-order valence-electron chi connectivity index (χ4n) is 1.13. The third-order valence-electron chi connectivity index (χ3n) is 1.91. The fourth-order valence-corrected chi connectivity index (χ4v) is 2.26. The third kappa shape index (κ3) is 1.91. The van der Waals surface area contributed by atoms with Crippen LogP contribution >= 0.6 is 27.3 Å². The van der Waals surface area contributed by atoms with Gasteiger partial charge in [-0.1, -0.05) is 17.4 Å². The Balaban J connectivity index is 2.59. The first kappa shape index (κ1) is 10.6. The Morgan fingerprint density at radius 3 is 2.53 bits per heavy atom. The Morgan fingerprint density at radius 2 is 1.93 bits per heavy atom. The molecular formula is C9H5BrF2N2S. The second-order valence-electron chi connectivity index (χ2n) is 2.92. The van der Waals surface area contributed by atoms with Crippen LogP contribution < -0.4 is 0 Å². The maximum Gasteiger partial charge on any atom is 0.183 e. The van der Waals surface area contributed by atoms with Gasteiger partial charge in [-0.15, -0.1) is 10.2 Å². The second kappa shape index (κ2) is 3.94. The van der Waals surface area contributed by atoms with Crippen LogP contribution in [0.25, 0.3) is 10.6 Å². The van der Waals surface area contributed by atoms with E-state index in [1.54, 1.807) is 0 Å². The SMILES string of the molecule is Cc1ccc(-c2nnc(Br)s2)c(F)c1F. The van der Waals surface area contributed by atoms with E-state index in [-0.39, 0.29) is 11.1 Å². The predicted molar refractivity (Wildman–Crippen MR) is 57.7 cm³/mol. The van der Waals surface area contributed by atoms with E-state index in [2.05, 4.69) is 26.1 Å². The predicted octanol–water partition coefficient (Wildman–Crippen LogP) is 3.55. The molecule has 0 atom stereocenters. The molecule has 0 spiro atoms. The lowest BCUT2D eigenvalue weighted by molar-refractivity contribution is 0.505. The minimum absolute atomic E-state index is 0.140. The third-order valence-corrected chi connectivity index (χ3v) is 3.30. The number of halogens is 3. The molecule has 0 amide bonds. The molecule has 0 aliphatic rings. The molecule has 15 heavy (non-hydrogen) atoms. The number of nitrogens with zero attached hydrogens (tertiary/aromatic N) is 2. The van der Waals surface area contributed by atoms with E-state index < -0.39 is 11.6 Å². The van der Waals surface area contributed by atoms with Crippen molar-refractivity contribution in [2.24, 2.45) is 0 Å². The minimum atomic E-state index is -0.876. The van der Waals surface area contributed by atoms with E-state index in [1.807, 2.05) is 0 Å². The molecule has 78 valence electrons. The topological polar surface area (TPSA) is 25.8 Å². The van der Waals surface area contributed by atoms with Crippen LogP contribution in [0.15, 0.2) is 16.0 Å². The van der Waals surface area contributed by atoms with Crippen molar-refractivity contribution < 1.29 is 8.78 Å². The number of benzene rings is 1. The van der Waals surface area contributed by atoms with Gasteiger partial charge in [0, 0.05) is 0 Å². The molecule has 0 aliphatic heterocycles. The molecule has 6 heteroatoms. The highest BCUT2D eigenvalue weighted by atomic mass is 79.9. The molecule has 0 radical (unpaired) electrons. The number of hydrogen-bond acceptors (Lipinski definition) is 3. The van der Waals surface area contributed by atoms with Gasteiger partial charge in [0.2, 0.25) is 0 Å². The number of rotatable bonds is 1. The van der Waals surface area contributed by atoms with Crippen molar-refractivity contribution in [2.45, 2.75) is 6.92 Å². The highest BCUT2D eigenvalue weighted by Crippen LogP contribution is 2.30. The van der Waals surface area contributed by atoms with Crippen LogP contribution in [-0.4, -0.2) is 10.2 Å². The molecule has 2 aromatic rings. The lowest BCUT2D eigenvalue weighted by Crippen LogP contribution is -1.92. The zero-order chi connectivity index (χ0) is 11.0. The van der Waals surface area contributed by atoms with E-state index in [0.29, 0.717) is 8.92 Å². The Labute approximate surface area is 97.1 Å². The van der Waals surface area contributed by atoms with Gasteiger partial charge in [-0.3, -0.25) is 0 Å². The van der Waals surface area contributed by atoms with Crippen LogP contribution in [-0.2, 0) is 0 Å². The van der Waals surface area contributed by atoms with Crippen LogP contribution in [0.1, 0.15) is 5.56 Å². The highest BCUT2D eigenvalue weighted by Gasteiger charge is 2.15. The molecule has 0 aliphatic carbocycles. The Morgan fingerprint density at radius 1 is 1.20 bits per heavy atom. The molecular weight excluding hydrogens is 286 g/mol. The van der Waals surface area contributed by atoms with Gasteiger partial charge in [-0.05, 0) is 34.5 Å². The van der Waals surface area contributed by atoms with Crippen molar-refractivity contribution in [2.75, 3.05) is 0 Å². The molecule has 1 aromatic carbocycles. The van der Waals surface area contributed by atoms with Gasteiger partial charge in [0.05, 0.1) is 5.56 Å². The van der Waals surface area contributed by atoms with Gasteiger partial charge in [0.1, 0.15) is 0 Å². The second-order valence-corrected chi connectivity index (χ2v) is 5.17. The van der Waals surface area contributed by atoms with E-state index in [1.165, 1.54) is 19.1 Å². The summed E-state index contributed by atoms with van der Waals surface area (Å²) in [7, 11) is 0. The molecule has 1 aromatic heterocycles. The summed E-state index contributed by atoms with van der Waals surface area (Å²) in [6.07, 6.45) is 0. The van der Waals surface area contributed by atoms with Crippen LogP contribution in [0.3, 0.4) is 0 Å². The minimum Gasteiger partial charge on any atom is -0.203 e. The molecule has 0 saturated heterocycles. The summed E-state index contributed by atoms with van der Waals surface area (Å²) in [6.45, 7) is 1.51. The summed E-state index contributed by atoms with van der Waals surface area (Å²) in [5.74, 6) is -1.71. The van der Waals surface area contributed by atoms with Crippen molar-refractivity contribution in [1.82, 2.24) is 10.2 Å². The quantitative estimate of drug-likeness (QED) is 0.803. The largest absolute Gasteiger partial charge is 0.203 e. The maximum absolute atomic E-state index is 13.5. The summed E-state index contributed by atoms with van der Waals surface area (Å²) in [5.41, 5.74) is 0.418. The highest BCUT2D eigenvalue weighted by molar-refractivity contribution is 9.11. The first-order valence-electron chi connectivity index (χ1n) is 4.03. The normalized spacial score (nSPS) is 10.7. The van der Waals surface area contributed by atoms with Crippen molar-refractivity contribution >= 4 is 27.3 Å². The standard InChI is InChI=1S/C9H5BrF2N2S/c1-4-2-3-5(7(12)6(4)11)8-13-14-9(10)15-8/h2-3H,1H3. The summed E-state index contributed by atoms with van der Waals surface area (Å²) < 4.78 is 27.3. The maximum atomic E-state index is 13.5. The average Bonchev–Trinajstić information content (AvgIpc) is 2.61. The number of hydrogen-bond donors (Lipinski definition) is 0.